The monoisotopic (exact) mass is 222 g/mol. The summed E-state index contributed by atoms with van der Waals surface area (Å²) in [4.78, 5) is 0. The average molecular weight is 222 g/mol. The van der Waals surface area contributed by atoms with E-state index in [1.165, 1.54) is 19.3 Å². The first-order valence-corrected chi connectivity index (χ1v) is 6.37. The first-order chi connectivity index (χ1) is 7.70. The number of nitrogens with zero attached hydrogens (tertiary/aromatic N) is 2. The van der Waals surface area contributed by atoms with E-state index in [-0.39, 0.29) is 6.10 Å². The van der Waals surface area contributed by atoms with Crippen molar-refractivity contribution in [3.63, 3.8) is 0 Å². The highest BCUT2D eigenvalue weighted by Crippen LogP contribution is 2.37. The molecule has 0 spiro atoms. The van der Waals surface area contributed by atoms with Crippen molar-refractivity contribution in [2.45, 2.75) is 45.1 Å². The summed E-state index contributed by atoms with van der Waals surface area (Å²) < 4.78 is 1.76. The zero-order chi connectivity index (χ0) is 11.5. The van der Waals surface area contributed by atoms with Crippen molar-refractivity contribution in [1.82, 2.24) is 9.78 Å². The van der Waals surface area contributed by atoms with E-state index in [4.69, 9.17) is 0 Å². The fourth-order valence-electron chi connectivity index (χ4n) is 2.78. The molecule has 1 heterocycles. The Bertz CT molecular complexity index is 326. The average Bonchev–Trinajstić information content (AvgIpc) is 2.75. The molecule has 1 atom stereocenters. The topological polar surface area (TPSA) is 38.1 Å². The van der Waals surface area contributed by atoms with Crippen molar-refractivity contribution in [2.24, 2.45) is 18.9 Å². The van der Waals surface area contributed by atoms with E-state index in [2.05, 4.69) is 12.0 Å². The van der Waals surface area contributed by atoms with Gasteiger partial charge in [0, 0.05) is 18.8 Å². The molecule has 3 heteroatoms. The highest BCUT2D eigenvalue weighted by atomic mass is 16.3. The summed E-state index contributed by atoms with van der Waals surface area (Å²) in [6.45, 7) is 2.27. The third-order valence-electron chi connectivity index (χ3n) is 3.98. The Hall–Kier alpha value is -0.830. The maximum Gasteiger partial charge on any atom is 0.0848 e. The second-order valence-electron chi connectivity index (χ2n) is 5.08. The lowest BCUT2D eigenvalue weighted by molar-refractivity contribution is 0.0729. The second kappa shape index (κ2) is 5.00. The van der Waals surface area contributed by atoms with Crippen molar-refractivity contribution in [3.05, 3.63) is 18.0 Å². The van der Waals surface area contributed by atoms with Crippen LogP contribution in [0.3, 0.4) is 0 Å². The molecule has 16 heavy (non-hydrogen) atoms. The standard InChI is InChI=1S/C13H22N2O/c1-3-10-4-6-11(7-5-10)13(16)12-8-14-15(2)9-12/h8-11,13,16H,3-7H2,1-2H3. The molecule has 90 valence electrons. The van der Waals surface area contributed by atoms with Crippen LogP contribution in [0.25, 0.3) is 0 Å². The highest BCUT2D eigenvalue weighted by Gasteiger charge is 2.27. The van der Waals surface area contributed by atoms with Gasteiger partial charge < -0.3 is 5.11 Å². The van der Waals surface area contributed by atoms with Gasteiger partial charge in [0.25, 0.3) is 0 Å². The van der Waals surface area contributed by atoms with E-state index in [0.717, 1.165) is 24.3 Å². The molecular weight excluding hydrogens is 200 g/mol. The van der Waals surface area contributed by atoms with Gasteiger partial charge in [0.05, 0.1) is 12.3 Å². The molecule has 0 amide bonds. The van der Waals surface area contributed by atoms with Crippen molar-refractivity contribution < 1.29 is 5.11 Å². The molecule has 1 fully saturated rings. The third kappa shape index (κ3) is 2.46. The van der Waals surface area contributed by atoms with E-state index in [9.17, 15) is 5.11 Å². The van der Waals surface area contributed by atoms with Gasteiger partial charge in [0.1, 0.15) is 0 Å². The predicted molar refractivity (Wildman–Crippen MR) is 63.9 cm³/mol. The van der Waals surface area contributed by atoms with E-state index in [1.54, 1.807) is 10.9 Å². The fraction of sp³-hybridized carbons (Fsp3) is 0.769. The SMILES string of the molecule is CCC1CCC(C(O)c2cnn(C)c2)CC1. The highest BCUT2D eigenvalue weighted by molar-refractivity contribution is 5.09. The van der Waals surface area contributed by atoms with Crippen LogP contribution >= 0.6 is 0 Å². The molecule has 2 rings (SSSR count). The van der Waals surface area contributed by atoms with Crippen molar-refractivity contribution in [1.29, 1.82) is 0 Å². The molecule has 3 nitrogen and oxygen atoms in total. The van der Waals surface area contributed by atoms with Crippen molar-refractivity contribution >= 4 is 0 Å². The molecule has 0 aliphatic heterocycles. The van der Waals surface area contributed by atoms with Crippen LogP contribution in [0.5, 0.6) is 0 Å². The first-order valence-electron chi connectivity index (χ1n) is 6.37. The lowest BCUT2D eigenvalue weighted by Gasteiger charge is -2.30. The van der Waals surface area contributed by atoms with Crippen LogP contribution in [0, 0.1) is 11.8 Å². The van der Waals surface area contributed by atoms with Gasteiger partial charge in [-0.2, -0.15) is 5.10 Å². The number of hydrogen-bond acceptors (Lipinski definition) is 2. The number of aliphatic hydroxyl groups excluding tert-OH is 1. The molecule has 0 aromatic carbocycles. The Morgan fingerprint density at radius 1 is 1.44 bits per heavy atom. The smallest absolute Gasteiger partial charge is 0.0848 e. The Labute approximate surface area is 97.5 Å². The second-order valence-corrected chi connectivity index (χ2v) is 5.08. The lowest BCUT2D eigenvalue weighted by Crippen LogP contribution is -2.20. The van der Waals surface area contributed by atoms with Crippen LogP contribution in [0.15, 0.2) is 12.4 Å². The van der Waals surface area contributed by atoms with Crippen molar-refractivity contribution in [3.8, 4) is 0 Å². The van der Waals surface area contributed by atoms with Crippen LogP contribution in [0.2, 0.25) is 0 Å². The van der Waals surface area contributed by atoms with Crippen molar-refractivity contribution in [2.75, 3.05) is 0 Å². The number of rotatable bonds is 3. The number of aryl methyl sites for hydroxylation is 1. The Morgan fingerprint density at radius 2 is 2.12 bits per heavy atom. The van der Waals surface area contributed by atoms with Crippen LogP contribution in [0.4, 0.5) is 0 Å². The summed E-state index contributed by atoms with van der Waals surface area (Å²) >= 11 is 0. The number of aliphatic hydroxyl groups is 1. The summed E-state index contributed by atoms with van der Waals surface area (Å²) in [5.74, 6) is 1.32. The zero-order valence-corrected chi connectivity index (χ0v) is 10.3. The maximum absolute atomic E-state index is 10.3. The van der Waals surface area contributed by atoms with Gasteiger partial charge in [-0.3, -0.25) is 4.68 Å². The van der Waals surface area contributed by atoms with Gasteiger partial charge in [-0.05, 0) is 24.7 Å². The minimum Gasteiger partial charge on any atom is -0.388 e. The molecule has 1 aromatic heterocycles. The Morgan fingerprint density at radius 3 is 2.62 bits per heavy atom. The molecule has 0 bridgehead atoms. The third-order valence-corrected chi connectivity index (χ3v) is 3.98. The van der Waals surface area contributed by atoms with Crippen LogP contribution < -0.4 is 0 Å². The summed E-state index contributed by atoms with van der Waals surface area (Å²) in [5, 5.41) is 14.4. The van der Waals surface area contributed by atoms with Gasteiger partial charge in [-0.15, -0.1) is 0 Å². The van der Waals surface area contributed by atoms with Crippen LogP contribution in [-0.4, -0.2) is 14.9 Å². The van der Waals surface area contributed by atoms with E-state index < -0.39 is 0 Å². The molecule has 0 saturated heterocycles. The van der Waals surface area contributed by atoms with Gasteiger partial charge in [0.2, 0.25) is 0 Å². The number of hydrogen-bond donors (Lipinski definition) is 1. The summed E-state index contributed by atoms with van der Waals surface area (Å²) in [6.07, 6.45) is 9.56. The van der Waals surface area contributed by atoms with Gasteiger partial charge in [-0.1, -0.05) is 26.2 Å². The maximum atomic E-state index is 10.3. The van der Waals surface area contributed by atoms with E-state index in [0.29, 0.717) is 5.92 Å². The summed E-state index contributed by atoms with van der Waals surface area (Å²) in [6, 6.07) is 0. The molecule has 1 aliphatic carbocycles. The van der Waals surface area contributed by atoms with Crippen LogP contribution in [0.1, 0.15) is 50.7 Å². The van der Waals surface area contributed by atoms with Gasteiger partial charge in [-0.25, -0.2) is 0 Å². The molecule has 1 aliphatic rings. The largest absolute Gasteiger partial charge is 0.388 e. The van der Waals surface area contributed by atoms with E-state index in [1.807, 2.05) is 13.2 Å². The van der Waals surface area contributed by atoms with Crippen LogP contribution in [-0.2, 0) is 7.05 Å². The van der Waals surface area contributed by atoms with Gasteiger partial charge >= 0.3 is 0 Å². The quantitative estimate of drug-likeness (QED) is 0.853. The first kappa shape index (κ1) is 11.6. The molecule has 1 unspecified atom stereocenters. The molecular formula is C13H22N2O. The number of aromatic nitrogens is 2. The van der Waals surface area contributed by atoms with Gasteiger partial charge in [0.15, 0.2) is 0 Å². The zero-order valence-electron chi connectivity index (χ0n) is 10.3. The normalized spacial score (nSPS) is 27.9. The summed E-state index contributed by atoms with van der Waals surface area (Å²) in [7, 11) is 1.89. The Balaban J connectivity index is 1.93. The Kier molecular flexibility index (Phi) is 3.64. The fourth-order valence-corrected chi connectivity index (χ4v) is 2.78. The predicted octanol–water partition coefficient (Wildman–Crippen LogP) is 2.67. The van der Waals surface area contributed by atoms with E-state index >= 15 is 0 Å². The molecule has 0 radical (unpaired) electrons. The summed E-state index contributed by atoms with van der Waals surface area (Å²) in [5.41, 5.74) is 0.974. The molecule has 1 aromatic rings. The molecule has 1 N–H and O–H groups in total. The molecule has 1 saturated carbocycles. The minimum atomic E-state index is -0.313. The minimum absolute atomic E-state index is 0.313. The lowest BCUT2D eigenvalue weighted by atomic mass is 9.77.